The zero-order valence-corrected chi connectivity index (χ0v) is 5.91. The highest BCUT2D eigenvalue weighted by Gasteiger charge is 1.93. The molecule has 1 aromatic rings. The van der Waals surface area contributed by atoms with Gasteiger partial charge in [0.2, 0.25) is 0 Å². The maximum Gasteiger partial charge on any atom is 0.259 e. The minimum absolute atomic E-state index is 0.593. The van der Waals surface area contributed by atoms with Crippen molar-refractivity contribution in [3.8, 4) is 0 Å². The van der Waals surface area contributed by atoms with E-state index in [0.29, 0.717) is 5.00 Å². The number of nitrogens with one attached hydrogen (secondary N) is 1. The molecule has 0 bridgehead atoms. The van der Waals surface area contributed by atoms with E-state index < -0.39 is 11.3 Å². The molecule has 0 aliphatic rings. The SMILES string of the molecule is O=S(O)Nc1cncs1. The lowest BCUT2D eigenvalue weighted by Gasteiger charge is -1.90. The summed E-state index contributed by atoms with van der Waals surface area (Å²) in [4.78, 5) is 3.69. The molecular formula is C3H4N2O2S2. The Morgan fingerprint density at radius 1 is 1.89 bits per heavy atom. The van der Waals surface area contributed by atoms with Crippen molar-refractivity contribution in [3.63, 3.8) is 0 Å². The van der Waals surface area contributed by atoms with Crippen molar-refractivity contribution in [2.75, 3.05) is 4.72 Å². The molecule has 1 rings (SSSR count). The normalized spacial score (nSPS) is 13.0. The second-order valence-electron chi connectivity index (χ2n) is 1.22. The van der Waals surface area contributed by atoms with Gasteiger partial charge in [0.05, 0.1) is 11.7 Å². The van der Waals surface area contributed by atoms with Crippen molar-refractivity contribution in [2.24, 2.45) is 0 Å². The molecule has 0 fully saturated rings. The first kappa shape index (κ1) is 6.66. The topological polar surface area (TPSA) is 62.2 Å². The lowest BCUT2D eigenvalue weighted by atomic mass is 10.9. The summed E-state index contributed by atoms with van der Waals surface area (Å²) in [5.41, 5.74) is 1.58. The van der Waals surface area contributed by atoms with Gasteiger partial charge in [-0.3, -0.25) is 14.3 Å². The monoisotopic (exact) mass is 164 g/mol. The van der Waals surface area contributed by atoms with E-state index in [1.165, 1.54) is 17.5 Å². The molecule has 1 atom stereocenters. The predicted octanol–water partition coefficient (Wildman–Crippen LogP) is 0.692. The van der Waals surface area contributed by atoms with Gasteiger partial charge in [-0.2, -0.15) is 0 Å². The molecule has 0 aliphatic heterocycles. The van der Waals surface area contributed by atoms with Crippen molar-refractivity contribution in [1.82, 2.24) is 4.98 Å². The number of aromatic nitrogens is 1. The van der Waals surface area contributed by atoms with Crippen LogP contribution in [-0.4, -0.2) is 13.7 Å². The number of rotatable bonds is 2. The third-order valence-electron chi connectivity index (χ3n) is 0.620. The Kier molecular flexibility index (Phi) is 2.15. The van der Waals surface area contributed by atoms with E-state index in [1.54, 1.807) is 5.51 Å². The lowest BCUT2D eigenvalue weighted by Crippen LogP contribution is -1.99. The standard InChI is InChI=1S/C3H4N2O2S2/c6-9(7)5-3-1-4-2-8-3/h1-2,5H,(H,6,7). The first-order chi connectivity index (χ1) is 4.29. The summed E-state index contributed by atoms with van der Waals surface area (Å²) in [5, 5.41) is 0.593. The fourth-order valence-electron chi connectivity index (χ4n) is 0.352. The molecule has 6 heteroatoms. The molecule has 0 saturated heterocycles. The van der Waals surface area contributed by atoms with Gasteiger partial charge in [0, 0.05) is 0 Å². The minimum Gasteiger partial charge on any atom is -0.289 e. The van der Waals surface area contributed by atoms with Gasteiger partial charge in [0.25, 0.3) is 11.3 Å². The van der Waals surface area contributed by atoms with Crippen LogP contribution < -0.4 is 4.72 Å². The van der Waals surface area contributed by atoms with Crippen LogP contribution in [0.2, 0.25) is 0 Å². The molecule has 50 valence electrons. The van der Waals surface area contributed by atoms with Crippen molar-refractivity contribution < 1.29 is 8.76 Å². The van der Waals surface area contributed by atoms with E-state index in [0.717, 1.165) is 0 Å². The Morgan fingerprint density at radius 2 is 2.67 bits per heavy atom. The van der Waals surface area contributed by atoms with Crippen LogP contribution in [-0.2, 0) is 11.3 Å². The molecule has 1 aromatic heterocycles. The third-order valence-corrected chi connectivity index (χ3v) is 1.83. The fourth-order valence-corrected chi connectivity index (χ4v) is 1.34. The second kappa shape index (κ2) is 2.90. The number of nitrogens with zero attached hydrogens (tertiary/aromatic N) is 1. The average molecular weight is 164 g/mol. The summed E-state index contributed by atoms with van der Waals surface area (Å²) in [5.74, 6) is 0. The number of hydrogen-bond donors (Lipinski definition) is 2. The van der Waals surface area contributed by atoms with Crippen LogP contribution in [0.3, 0.4) is 0 Å². The fraction of sp³-hybridized carbons (Fsp3) is 0. The highest BCUT2D eigenvalue weighted by Crippen LogP contribution is 2.11. The van der Waals surface area contributed by atoms with Crippen LogP contribution >= 0.6 is 11.3 Å². The highest BCUT2D eigenvalue weighted by molar-refractivity contribution is 7.80. The van der Waals surface area contributed by atoms with E-state index in [9.17, 15) is 4.21 Å². The molecular weight excluding hydrogens is 160 g/mol. The highest BCUT2D eigenvalue weighted by atomic mass is 32.2. The van der Waals surface area contributed by atoms with E-state index in [4.69, 9.17) is 4.55 Å². The summed E-state index contributed by atoms with van der Waals surface area (Å²) in [6.45, 7) is 0. The van der Waals surface area contributed by atoms with Crippen LogP contribution in [0.4, 0.5) is 5.00 Å². The van der Waals surface area contributed by atoms with Gasteiger partial charge in [0.1, 0.15) is 5.00 Å². The summed E-state index contributed by atoms with van der Waals surface area (Å²) >= 11 is -0.699. The zero-order valence-electron chi connectivity index (χ0n) is 4.27. The smallest absolute Gasteiger partial charge is 0.259 e. The Morgan fingerprint density at radius 3 is 3.11 bits per heavy atom. The van der Waals surface area contributed by atoms with E-state index in [-0.39, 0.29) is 0 Å². The zero-order chi connectivity index (χ0) is 6.69. The average Bonchev–Trinajstić information content (AvgIpc) is 2.15. The Hall–Kier alpha value is -0.460. The number of anilines is 1. The van der Waals surface area contributed by atoms with E-state index in [1.807, 2.05) is 0 Å². The first-order valence-corrected chi connectivity index (χ1v) is 4.03. The van der Waals surface area contributed by atoms with Crippen LogP contribution in [0, 0.1) is 0 Å². The lowest BCUT2D eigenvalue weighted by molar-refractivity contribution is 0.570. The Bertz CT molecular complexity index is 198. The quantitative estimate of drug-likeness (QED) is 0.632. The molecule has 0 saturated carbocycles. The predicted molar refractivity (Wildman–Crippen MR) is 36.5 cm³/mol. The van der Waals surface area contributed by atoms with Crippen molar-refractivity contribution in [1.29, 1.82) is 0 Å². The summed E-state index contributed by atoms with van der Waals surface area (Å²) in [6, 6.07) is 0. The van der Waals surface area contributed by atoms with Crippen molar-refractivity contribution in [3.05, 3.63) is 11.7 Å². The van der Waals surface area contributed by atoms with Crippen molar-refractivity contribution in [2.45, 2.75) is 0 Å². The molecule has 0 aliphatic carbocycles. The van der Waals surface area contributed by atoms with Gasteiger partial charge in [0.15, 0.2) is 0 Å². The Balaban J connectivity index is 2.58. The largest absolute Gasteiger partial charge is 0.289 e. The van der Waals surface area contributed by atoms with Gasteiger partial charge in [-0.15, -0.1) is 11.3 Å². The molecule has 0 amide bonds. The van der Waals surface area contributed by atoms with Crippen LogP contribution in [0.15, 0.2) is 11.7 Å². The van der Waals surface area contributed by atoms with Gasteiger partial charge < -0.3 is 0 Å². The molecule has 0 radical (unpaired) electrons. The van der Waals surface area contributed by atoms with Crippen LogP contribution in [0.1, 0.15) is 0 Å². The number of thiazole rings is 1. The summed E-state index contributed by atoms with van der Waals surface area (Å²) in [6.07, 6.45) is 1.48. The van der Waals surface area contributed by atoms with Gasteiger partial charge in [-0.05, 0) is 0 Å². The molecule has 1 unspecified atom stereocenters. The molecule has 9 heavy (non-hydrogen) atoms. The number of hydrogen-bond acceptors (Lipinski definition) is 3. The van der Waals surface area contributed by atoms with Gasteiger partial charge in [-0.25, -0.2) is 4.21 Å². The minimum atomic E-state index is -1.97. The summed E-state index contributed by atoms with van der Waals surface area (Å²) in [7, 11) is 0. The summed E-state index contributed by atoms with van der Waals surface area (Å²) < 4.78 is 20.6. The first-order valence-electron chi connectivity index (χ1n) is 2.05. The molecule has 0 aromatic carbocycles. The molecule has 2 N–H and O–H groups in total. The Labute approximate surface area is 58.4 Å². The van der Waals surface area contributed by atoms with E-state index >= 15 is 0 Å². The maximum absolute atomic E-state index is 10.0. The molecule has 4 nitrogen and oxygen atoms in total. The van der Waals surface area contributed by atoms with Gasteiger partial charge >= 0.3 is 0 Å². The van der Waals surface area contributed by atoms with Gasteiger partial charge in [-0.1, -0.05) is 0 Å². The maximum atomic E-state index is 10.0. The van der Waals surface area contributed by atoms with Crippen molar-refractivity contribution >= 4 is 27.6 Å². The second-order valence-corrected chi connectivity index (χ2v) is 2.81. The molecule has 0 spiro atoms. The van der Waals surface area contributed by atoms with E-state index in [2.05, 4.69) is 9.71 Å². The third kappa shape index (κ3) is 2.08. The molecule has 1 heterocycles. The van der Waals surface area contributed by atoms with Crippen LogP contribution in [0.5, 0.6) is 0 Å². The van der Waals surface area contributed by atoms with Crippen LogP contribution in [0.25, 0.3) is 0 Å².